The Balaban J connectivity index is 1.99. The van der Waals surface area contributed by atoms with Crippen molar-refractivity contribution in [3.8, 4) is 0 Å². The van der Waals surface area contributed by atoms with E-state index in [-0.39, 0.29) is 0 Å². The molecule has 0 aliphatic rings. The predicted octanol–water partition coefficient (Wildman–Crippen LogP) is 2.06. The van der Waals surface area contributed by atoms with E-state index >= 15 is 0 Å². The van der Waals surface area contributed by atoms with Crippen LogP contribution in [0.3, 0.4) is 0 Å². The van der Waals surface area contributed by atoms with Crippen LogP contribution in [-0.2, 0) is 6.54 Å². The van der Waals surface area contributed by atoms with E-state index in [2.05, 4.69) is 19.7 Å². The smallest absolute Gasteiger partial charge is 0.214 e. The molecule has 15 heavy (non-hydrogen) atoms. The zero-order chi connectivity index (χ0) is 10.8. The summed E-state index contributed by atoms with van der Waals surface area (Å²) >= 11 is 1.34. The molecule has 0 bridgehead atoms. The van der Waals surface area contributed by atoms with Gasteiger partial charge in [-0.15, -0.1) is 0 Å². The van der Waals surface area contributed by atoms with Gasteiger partial charge in [-0.1, -0.05) is 0 Å². The monoisotopic (exact) mass is 224 g/mol. The van der Waals surface area contributed by atoms with Crippen LogP contribution in [-0.4, -0.2) is 14.3 Å². The molecule has 0 saturated carbocycles. The Hall–Kier alpha value is -1.43. The van der Waals surface area contributed by atoms with E-state index in [0.717, 1.165) is 22.4 Å². The van der Waals surface area contributed by atoms with E-state index in [1.54, 1.807) is 0 Å². The summed E-state index contributed by atoms with van der Waals surface area (Å²) in [7, 11) is 0. The first kappa shape index (κ1) is 10.1. The Morgan fingerprint density at radius 2 is 2.07 bits per heavy atom. The summed E-state index contributed by atoms with van der Waals surface area (Å²) in [6.07, 6.45) is 0. The second-order valence-corrected chi connectivity index (χ2v) is 4.00. The number of hydrogen-bond donors (Lipinski definition) is 1. The molecule has 2 aromatic heterocycles. The minimum absolute atomic E-state index is 0.545. The molecule has 0 aromatic carbocycles. The maximum atomic E-state index is 5.43. The van der Waals surface area contributed by atoms with E-state index in [1.807, 2.05) is 20.8 Å². The molecule has 5 nitrogen and oxygen atoms in total. The van der Waals surface area contributed by atoms with Gasteiger partial charge in [-0.25, -0.2) is 9.97 Å². The van der Waals surface area contributed by atoms with Crippen LogP contribution in [0.25, 0.3) is 0 Å². The Bertz CT molecular complexity index is 443. The summed E-state index contributed by atoms with van der Waals surface area (Å²) in [5.74, 6) is 2.32. The van der Waals surface area contributed by atoms with Crippen molar-refractivity contribution in [1.82, 2.24) is 14.3 Å². The van der Waals surface area contributed by atoms with Gasteiger partial charge in [0.05, 0.1) is 12.2 Å². The molecular formula is C9H12N4OS. The van der Waals surface area contributed by atoms with Crippen LogP contribution in [0, 0.1) is 20.8 Å². The van der Waals surface area contributed by atoms with E-state index < -0.39 is 0 Å². The SMILES string of the molecule is Cc1nsc(NCc2nc(C)c(C)o2)n1. The van der Waals surface area contributed by atoms with Crippen molar-refractivity contribution in [3.05, 3.63) is 23.2 Å². The summed E-state index contributed by atoms with van der Waals surface area (Å²) in [5.41, 5.74) is 0.931. The van der Waals surface area contributed by atoms with Crippen LogP contribution in [0.5, 0.6) is 0 Å². The molecule has 0 spiro atoms. The fraction of sp³-hybridized carbons (Fsp3) is 0.444. The van der Waals surface area contributed by atoms with Crippen molar-refractivity contribution in [1.29, 1.82) is 0 Å². The number of nitrogens with one attached hydrogen (secondary N) is 1. The van der Waals surface area contributed by atoms with Gasteiger partial charge in [0, 0.05) is 11.5 Å². The first-order valence-corrected chi connectivity index (χ1v) is 5.39. The fourth-order valence-electron chi connectivity index (χ4n) is 1.13. The molecular weight excluding hydrogens is 212 g/mol. The maximum Gasteiger partial charge on any atom is 0.214 e. The highest BCUT2D eigenvalue weighted by atomic mass is 32.1. The lowest BCUT2D eigenvalue weighted by Crippen LogP contribution is -1.99. The minimum atomic E-state index is 0.545. The third-order valence-electron chi connectivity index (χ3n) is 1.99. The van der Waals surface area contributed by atoms with Gasteiger partial charge < -0.3 is 9.73 Å². The normalized spacial score (nSPS) is 10.6. The average molecular weight is 224 g/mol. The van der Waals surface area contributed by atoms with Gasteiger partial charge in [0.15, 0.2) is 0 Å². The van der Waals surface area contributed by atoms with Crippen LogP contribution in [0.1, 0.15) is 23.2 Å². The highest BCUT2D eigenvalue weighted by Gasteiger charge is 2.06. The standard InChI is InChI=1S/C9H12N4OS/c1-5-6(2)14-8(11-5)4-10-9-12-7(3)13-15-9/h4H2,1-3H3,(H,10,12,13). The number of nitrogens with zero attached hydrogens (tertiary/aromatic N) is 3. The quantitative estimate of drug-likeness (QED) is 0.864. The van der Waals surface area contributed by atoms with Crippen molar-refractivity contribution in [2.75, 3.05) is 5.32 Å². The molecule has 0 aliphatic carbocycles. The van der Waals surface area contributed by atoms with Crippen molar-refractivity contribution >= 4 is 16.7 Å². The Morgan fingerprint density at radius 1 is 1.27 bits per heavy atom. The molecule has 1 N–H and O–H groups in total. The van der Waals surface area contributed by atoms with Crippen LogP contribution in [0.2, 0.25) is 0 Å². The zero-order valence-corrected chi connectivity index (χ0v) is 9.68. The molecule has 0 saturated heterocycles. The second-order valence-electron chi connectivity index (χ2n) is 3.25. The third-order valence-corrected chi connectivity index (χ3v) is 2.76. The number of aromatic nitrogens is 3. The van der Waals surface area contributed by atoms with E-state index in [0.29, 0.717) is 12.4 Å². The van der Waals surface area contributed by atoms with Gasteiger partial charge in [0.2, 0.25) is 11.0 Å². The van der Waals surface area contributed by atoms with Crippen LogP contribution < -0.4 is 5.32 Å². The lowest BCUT2D eigenvalue weighted by molar-refractivity contribution is 0.478. The van der Waals surface area contributed by atoms with Crippen LogP contribution >= 0.6 is 11.5 Å². The lowest BCUT2D eigenvalue weighted by Gasteiger charge is -1.95. The van der Waals surface area contributed by atoms with Gasteiger partial charge in [-0.3, -0.25) is 0 Å². The Labute approximate surface area is 91.7 Å². The van der Waals surface area contributed by atoms with Gasteiger partial charge in [0.25, 0.3) is 0 Å². The fourth-order valence-corrected chi connectivity index (χ4v) is 1.70. The molecule has 2 aromatic rings. The van der Waals surface area contributed by atoms with Gasteiger partial charge >= 0.3 is 0 Å². The summed E-state index contributed by atoms with van der Waals surface area (Å²) in [4.78, 5) is 8.44. The Morgan fingerprint density at radius 3 is 2.60 bits per heavy atom. The van der Waals surface area contributed by atoms with Crippen molar-refractivity contribution in [3.63, 3.8) is 0 Å². The number of hydrogen-bond acceptors (Lipinski definition) is 6. The highest BCUT2D eigenvalue weighted by molar-refractivity contribution is 7.09. The third kappa shape index (κ3) is 2.33. The molecule has 2 heterocycles. The molecule has 0 amide bonds. The molecule has 0 atom stereocenters. The number of oxazole rings is 1. The first-order chi connectivity index (χ1) is 7.15. The summed E-state index contributed by atoms with van der Waals surface area (Å²) < 4.78 is 9.49. The maximum absolute atomic E-state index is 5.43. The first-order valence-electron chi connectivity index (χ1n) is 4.62. The van der Waals surface area contributed by atoms with Crippen LogP contribution in [0.15, 0.2) is 4.42 Å². The van der Waals surface area contributed by atoms with Crippen molar-refractivity contribution in [2.24, 2.45) is 0 Å². The molecule has 2 rings (SSSR count). The zero-order valence-electron chi connectivity index (χ0n) is 8.87. The number of rotatable bonds is 3. The molecule has 80 valence electrons. The van der Waals surface area contributed by atoms with E-state index in [1.165, 1.54) is 11.5 Å². The Kier molecular flexibility index (Phi) is 2.68. The topological polar surface area (TPSA) is 63.8 Å². The molecule has 0 aliphatic heterocycles. The van der Waals surface area contributed by atoms with Gasteiger partial charge in [-0.2, -0.15) is 4.37 Å². The summed E-state index contributed by atoms with van der Waals surface area (Å²) in [6, 6.07) is 0. The van der Waals surface area contributed by atoms with Gasteiger partial charge in [-0.05, 0) is 20.8 Å². The van der Waals surface area contributed by atoms with E-state index in [9.17, 15) is 0 Å². The van der Waals surface area contributed by atoms with Crippen LogP contribution in [0.4, 0.5) is 5.13 Å². The summed E-state index contributed by atoms with van der Waals surface area (Å²) in [5, 5.41) is 3.90. The predicted molar refractivity (Wildman–Crippen MR) is 57.9 cm³/mol. The van der Waals surface area contributed by atoms with Gasteiger partial charge in [0.1, 0.15) is 11.6 Å². The van der Waals surface area contributed by atoms with Crippen molar-refractivity contribution in [2.45, 2.75) is 27.3 Å². The number of aryl methyl sites for hydroxylation is 3. The molecule has 6 heteroatoms. The molecule has 0 fully saturated rings. The number of anilines is 1. The largest absolute Gasteiger partial charge is 0.444 e. The molecule has 0 unspecified atom stereocenters. The second kappa shape index (κ2) is 3.98. The van der Waals surface area contributed by atoms with Crippen molar-refractivity contribution < 1.29 is 4.42 Å². The van der Waals surface area contributed by atoms with E-state index in [4.69, 9.17) is 4.42 Å². The molecule has 0 radical (unpaired) electrons. The minimum Gasteiger partial charge on any atom is -0.444 e. The average Bonchev–Trinajstić information content (AvgIpc) is 2.72. The highest BCUT2D eigenvalue weighted by Crippen LogP contribution is 2.13. The lowest BCUT2D eigenvalue weighted by atomic mass is 10.4. The summed E-state index contributed by atoms with van der Waals surface area (Å²) in [6.45, 7) is 6.24.